The lowest BCUT2D eigenvalue weighted by Crippen LogP contribution is -2.47. The fraction of sp³-hybridized carbons (Fsp3) is 0.583. The van der Waals surface area contributed by atoms with Crippen LogP contribution in [0.1, 0.15) is 95.1 Å². The number of amides is 1. The number of ether oxygens (including phenoxy) is 1. The van der Waals surface area contributed by atoms with Gasteiger partial charge < -0.3 is 9.64 Å². The van der Waals surface area contributed by atoms with Crippen molar-refractivity contribution in [1.82, 2.24) is 9.27 Å². The molecule has 45 heavy (non-hydrogen) atoms. The van der Waals surface area contributed by atoms with Crippen molar-refractivity contribution < 1.29 is 14.3 Å². The molecule has 1 fully saturated rings. The molecule has 244 valence electrons. The van der Waals surface area contributed by atoms with Crippen LogP contribution >= 0.6 is 23.1 Å². The van der Waals surface area contributed by atoms with Gasteiger partial charge in [0.05, 0.1) is 16.8 Å². The number of hydrogen-bond acceptors (Lipinski definition) is 7. The Morgan fingerprint density at radius 1 is 0.933 bits per heavy atom. The predicted octanol–water partition coefficient (Wildman–Crippen LogP) is 8.41. The first-order chi connectivity index (χ1) is 22.0. The standard InChI is InChI=1S/C36H49ClN4O3S/c1-2-3-4-5-6-7-8-9-10-11-12-17-35(43)44-27-41-32-26-31(37)28(24-29(32)25-34(41)42)18-19-39-20-22-40(23-21-39)36-30-15-13-14-16-33(30)45-38-36/h13-16,24,26H,2-12,17-23,25,27H2,1H3. The highest BCUT2D eigenvalue weighted by Gasteiger charge is 2.29. The minimum atomic E-state index is -0.238. The third-order valence-corrected chi connectivity index (χ3v) is 10.4. The Morgan fingerprint density at radius 3 is 2.36 bits per heavy atom. The Labute approximate surface area is 278 Å². The summed E-state index contributed by atoms with van der Waals surface area (Å²) < 4.78 is 11.5. The zero-order chi connectivity index (χ0) is 31.4. The number of esters is 1. The van der Waals surface area contributed by atoms with Crippen molar-refractivity contribution >= 4 is 56.6 Å². The van der Waals surface area contributed by atoms with Gasteiger partial charge in [-0.05, 0) is 53.7 Å². The summed E-state index contributed by atoms with van der Waals surface area (Å²) in [6.45, 7) is 6.98. The van der Waals surface area contributed by atoms with Crippen LogP contribution in [0.5, 0.6) is 0 Å². The molecule has 5 rings (SSSR count). The number of piperazine rings is 1. The van der Waals surface area contributed by atoms with Gasteiger partial charge in [-0.25, -0.2) is 0 Å². The van der Waals surface area contributed by atoms with E-state index in [4.69, 9.17) is 20.7 Å². The molecule has 3 heterocycles. The van der Waals surface area contributed by atoms with Crippen LogP contribution in [0.25, 0.3) is 10.1 Å². The molecule has 0 saturated carbocycles. The van der Waals surface area contributed by atoms with Gasteiger partial charge in [0.2, 0.25) is 5.91 Å². The van der Waals surface area contributed by atoms with E-state index in [1.165, 1.54) is 67.9 Å². The van der Waals surface area contributed by atoms with Crippen molar-refractivity contribution in [2.45, 2.75) is 96.8 Å². The average Bonchev–Trinajstić information content (AvgIpc) is 3.61. The average molecular weight is 653 g/mol. The molecule has 0 aliphatic carbocycles. The molecule has 0 spiro atoms. The zero-order valence-electron chi connectivity index (χ0n) is 26.9. The van der Waals surface area contributed by atoms with Crippen LogP contribution in [0, 0.1) is 0 Å². The zero-order valence-corrected chi connectivity index (χ0v) is 28.5. The maximum Gasteiger partial charge on any atom is 0.307 e. The molecule has 1 saturated heterocycles. The third kappa shape index (κ3) is 9.43. The van der Waals surface area contributed by atoms with Crippen LogP contribution in [-0.2, 0) is 27.2 Å². The normalized spacial score (nSPS) is 15.3. The number of benzene rings is 2. The molecule has 1 amide bonds. The smallest absolute Gasteiger partial charge is 0.307 e. The van der Waals surface area contributed by atoms with E-state index in [-0.39, 0.29) is 18.6 Å². The van der Waals surface area contributed by atoms with Crippen molar-refractivity contribution in [3.8, 4) is 0 Å². The van der Waals surface area contributed by atoms with E-state index in [2.05, 4.69) is 47.1 Å². The molecular weight excluding hydrogens is 604 g/mol. The molecule has 2 aromatic carbocycles. The Balaban J connectivity index is 0.998. The van der Waals surface area contributed by atoms with E-state index in [0.717, 1.165) is 74.6 Å². The number of carbonyl (C=O) groups is 2. The number of hydrogen-bond donors (Lipinski definition) is 0. The van der Waals surface area contributed by atoms with E-state index in [1.54, 1.807) is 16.4 Å². The Hall–Kier alpha value is -2.68. The molecule has 7 nitrogen and oxygen atoms in total. The number of aromatic nitrogens is 1. The molecule has 0 bridgehead atoms. The minimum absolute atomic E-state index is 0.0447. The van der Waals surface area contributed by atoms with Crippen LogP contribution in [0.2, 0.25) is 5.02 Å². The minimum Gasteiger partial charge on any atom is -0.444 e. The molecule has 1 aromatic heterocycles. The van der Waals surface area contributed by atoms with Gasteiger partial charge >= 0.3 is 5.97 Å². The van der Waals surface area contributed by atoms with Crippen LogP contribution in [-0.4, -0.2) is 60.6 Å². The van der Waals surface area contributed by atoms with Crippen LogP contribution < -0.4 is 9.80 Å². The maximum atomic E-state index is 12.8. The first-order valence-electron chi connectivity index (χ1n) is 17.1. The van der Waals surface area contributed by atoms with Crippen molar-refractivity contribution in [3.05, 3.63) is 52.5 Å². The van der Waals surface area contributed by atoms with Gasteiger partial charge in [-0.15, -0.1) is 0 Å². The van der Waals surface area contributed by atoms with Crippen molar-refractivity contribution in [3.63, 3.8) is 0 Å². The van der Waals surface area contributed by atoms with Crippen molar-refractivity contribution in [2.24, 2.45) is 0 Å². The van der Waals surface area contributed by atoms with Gasteiger partial charge in [0.15, 0.2) is 6.73 Å². The maximum absolute atomic E-state index is 12.8. The summed E-state index contributed by atoms with van der Waals surface area (Å²) in [6.07, 6.45) is 15.2. The Kier molecular flexibility index (Phi) is 12.9. The first kappa shape index (κ1) is 33.7. The van der Waals surface area contributed by atoms with Crippen LogP contribution in [0.15, 0.2) is 36.4 Å². The Bertz CT molecular complexity index is 1400. The third-order valence-electron chi connectivity index (χ3n) is 9.25. The summed E-state index contributed by atoms with van der Waals surface area (Å²) in [7, 11) is 0. The molecular formula is C36H49ClN4O3S. The Morgan fingerprint density at radius 2 is 1.62 bits per heavy atom. The summed E-state index contributed by atoms with van der Waals surface area (Å²) in [4.78, 5) is 31.6. The summed E-state index contributed by atoms with van der Waals surface area (Å²) in [5.74, 6) is 0.815. The molecule has 2 aliphatic heterocycles. The fourth-order valence-corrected chi connectivity index (χ4v) is 7.53. The second-order valence-corrected chi connectivity index (χ2v) is 13.8. The lowest BCUT2D eigenvalue weighted by atomic mass is 10.1. The van der Waals surface area contributed by atoms with Gasteiger partial charge in [0.1, 0.15) is 5.82 Å². The highest BCUT2D eigenvalue weighted by atomic mass is 35.5. The number of carbonyl (C=O) groups excluding carboxylic acids is 2. The second-order valence-electron chi connectivity index (χ2n) is 12.6. The number of fused-ring (bicyclic) bond motifs is 2. The van der Waals surface area contributed by atoms with E-state index in [1.807, 2.05) is 6.07 Å². The molecule has 0 atom stereocenters. The fourth-order valence-electron chi connectivity index (χ4n) is 6.48. The van der Waals surface area contributed by atoms with Gasteiger partial charge in [-0.1, -0.05) is 101 Å². The first-order valence-corrected chi connectivity index (χ1v) is 18.3. The topological polar surface area (TPSA) is 66.0 Å². The van der Waals surface area contributed by atoms with Gasteiger partial charge in [-0.2, -0.15) is 4.37 Å². The van der Waals surface area contributed by atoms with Crippen molar-refractivity contribution in [2.75, 3.05) is 49.3 Å². The monoisotopic (exact) mass is 652 g/mol. The SMILES string of the molecule is CCCCCCCCCCCCCC(=O)OCN1C(=O)Cc2cc(CCN3CCN(c4nsc5ccccc45)CC3)c(Cl)cc21. The molecule has 2 aliphatic rings. The molecule has 0 unspecified atom stereocenters. The summed E-state index contributed by atoms with van der Waals surface area (Å²) in [5, 5.41) is 1.90. The molecule has 9 heteroatoms. The van der Waals surface area contributed by atoms with Gasteiger partial charge in [0.25, 0.3) is 0 Å². The number of rotatable bonds is 18. The van der Waals surface area contributed by atoms with Crippen LogP contribution in [0.4, 0.5) is 11.5 Å². The number of halogens is 1. The number of nitrogens with zero attached hydrogens (tertiary/aromatic N) is 4. The highest BCUT2D eigenvalue weighted by molar-refractivity contribution is 7.13. The van der Waals surface area contributed by atoms with Gasteiger partial charge in [0, 0.05) is 49.6 Å². The van der Waals surface area contributed by atoms with Crippen LogP contribution in [0.3, 0.4) is 0 Å². The van der Waals surface area contributed by atoms with E-state index >= 15 is 0 Å². The molecule has 0 N–H and O–H groups in total. The predicted molar refractivity (Wildman–Crippen MR) is 187 cm³/mol. The largest absolute Gasteiger partial charge is 0.444 e. The molecule has 3 aromatic rings. The lowest BCUT2D eigenvalue weighted by Gasteiger charge is -2.35. The number of anilines is 2. The van der Waals surface area contributed by atoms with E-state index in [0.29, 0.717) is 17.9 Å². The van der Waals surface area contributed by atoms with Crippen molar-refractivity contribution in [1.29, 1.82) is 0 Å². The quantitative estimate of drug-likeness (QED) is 0.102. The number of unbranched alkanes of at least 4 members (excludes halogenated alkanes) is 10. The molecule has 0 radical (unpaired) electrons. The van der Waals surface area contributed by atoms with E-state index < -0.39 is 0 Å². The lowest BCUT2D eigenvalue weighted by molar-refractivity contribution is -0.144. The van der Waals surface area contributed by atoms with E-state index in [9.17, 15) is 9.59 Å². The second kappa shape index (κ2) is 17.3. The van der Waals surface area contributed by atoms with Gasteiger partial charge in [-0.3, -0.25) is 19.4 Å². The summed E-state index contributed by atoms with van der Waals surface area (Å²) in [6, 6.07) is 12.4. The highest BCUT2D eigenvalue weighted by Crippen LogP contribution is 2.35. The summed E-state index contributed by atoms with van der Waals surface area (Å²) in [5.41, 5.74) is 2.79. The summed E-state index contributed by atoms with van der Waals surface area (Å²) >= 11 is 8.29.